The predicted molar refractivity (Wildman–Crippen MR) is 62.9 cm³/mol. The lowest BCUT2D eigenvalue weighted by Gasteiger charge is -2.06. The van der Waals surface area contributed by atoms with E-state index >= 15 is 0 Å². The molecule has 0 saturated carbocycles. The Bertz CT molecular complexity index is 457. The summed E-state index contributed by atoms with van der Waals surface area (Å²) in [6.45, 7) is 7.29. The van der Waals surface area contributed by atoms with E-state index in [1.54, 1.807) is 0 Å². The molecular weight excluding hydrogens is 186 g/mol. The Hall–Kier alpha value is -1.28. The molecule has 2 nitrogen and oxygen atoms in total. The number of benzene rings is 1. The highest BCUT2D eigenvalue weighted by atomic mass is 16.3. The van der Waals surface area contributed by atoms with Gasteiger partial charge in [-0.3, -0.25) is 0 Å². The van der Waals surface area contributed by atoms with Crippen molar-refractivity contribution in [3.63, 3.8) is 0 Å². The molecule has 1 aromatic carbocycles. The molecule has 2 aromatic rings. The van der Waals surface area contributed by atoms with Gasteiger partial charge in [-0.15, -0.1) is 0 Å². The van der Waals surface area contributed by atoms with Crippen molar-refractivity contribution in [1.82, 2.24) is 5.32 Å². The highest BCUT2D eigenvalue weighted by Gasteiger charge is 2.07. The second kappa shape index (κ2) is 4.07. The second-order valence-electron chi connectivity index (χ2n) is 4.24. The summed E-state index contributed by atoms with van der Waals surface area (Å²) in [4.78, 5) is 0. The Morgan fingerprint density at radius 3 is 2.87 bits per heavy atom. The minimum atomic E-state index is 0.499. The van der Waals surface area contributed by atoms with Crippen molar-refractivity contribution in [3.05, 3.63) is 35.6 Å². The van der Waals surface area contributed by atoms with Gasteiger partial charge in [-0.2, -0.15) is 0 Å². The molecule has 1 heterocycles. The Kier molecular flexibility index (Phi) is 2.78. The van der Waals surface area contributed by atoms with E-state index in [4.69, 9.17) is 4.42 Å². The number of hydrogen-bond donors (Lipinski definition) is 1. The van der Waals surface area contributed by atoms with Crippen molar-refractivity contribution in [1.29, 1.82) is 0 Å². The van der Waals surface area contributed by atoms with Crippen molar-refractivity contribution < 1.29 is 4.42 Å². The number of hydrogen-bond acceptors (Lipinski definition) is 2. The Labute approximate surface area is 90.3 Å². The molecule has 1 aromatic heterocycles. The van der Waals surface area contributed by atoms with Gasteiger partial charge in [-0.05, 0) is 18.6 Å². The fourth-order valence-electron chi connectivity index (χ4n) is 1.79. The van der Waals surface area contributed by atoms with Crippen LogP contribution in [-0.2, 0) is 6.54 Å². The molecule has 0 amide bonds. The van der Waals surface area contributed by atoms with E-state index in [1.165, 1.54) is 16.5 Å². The standard InChI is InChI=1S/C13H17NO/c1-9(2)14-7-11-8-15-12-6-4-5-10(3)13(11)12/h4-6,8-9,14H,7H2,1-3H3. The van der Waals surface area contributed by atoms with Gasteiger partial charge < -0.3 is 9.73 Å². The fourth-order valence-corrected chi connectivity index (χ4v) is 1.79. The summed E-state index contributed by atoms with van der Waals surface area (Å²) in [5.41, 5.74) is 3.51. The molecular formula is C13H17NO. The van der Waals surface area contributed by atoms with Crippen molar-refractivity contribution >= 4 is 11.0 Å². The maximum Gasteiger partial charge on any atom is 0.134 e. The third-order valence-electron chi connectivity index (χ3n) is 2.58. The monoisotopic (exact) mass is 203 g/mol. The summed E-state index contributed by atoms with van der Waals surface area (Å²) in [5.74, 6) is 0. The molecule has 0 atom stereocenters. The van der Waals surface area contributed by atoms with Crippen LogP contribution in [0.2, 0.25) is 0 Å². The van der Waals surface area contributed by atoms with E-state index in [2.05, 4.69) is 32.2 Å². The highest BCUT2D eigenvalue weighted by Crippen LogP contribution is 2.24. The van der Waals surface area contributed by atoms with Crippen molar-refractivity contribution in [2.24, 2.45) is 0 Å². The van der Waals surface area contributed by atoms with Gasteiger partial charge in [0.25, 0.3) is 0 Å². The molecule has 0 fully saturated rings. The SMILES string of the molecule is Cc1cccc2occ(CNC(C)C)c12. The zero-order valence-electron chi connectivity index (χ0n) is 9.50. The third kappa shape index (κ3) is 2.05. The summed E-state index contributed by atoms with van der Waals surface area (Å²) >= 11 is 0. The van der Waals surface area contributed by atoms with Crippen molar-refractivity contribution in [2.75, 3.05) is 0 Å². The van der Waals surface area contributed by atoms with Gasteiger partial charge in [0, 0.05) is 23.5 Å². The number of aryl methyl sites for hydroxylation is 1. The number of rotatable bonds is 3. The van der Waals surface area contributed by atoms with Crippen LogP contribution in [0.4, 0.5) is 0 Å². The van der Waals surface area contributed by atoms with Crippen molar-refractivity contribution in [3.8, 4) is 0 Å². The van der Waals surface area contributed by atoms with Crippen molar-refractivity contribution in [2.45, 2.75) is 33.4 Å². The molecule has 15 heavy (non-hydrogen) atoms. The predicted octanol–water partition coefficient (Wildman–Crippen LogP) is 3.24. The van der Waals surface area contributed by atoms with E-state index in [0.717, 1.165) is 12.1 Å². The van der Waals surface area contributed by atoms with Crippen LogP contribution < -0.4 is 5.32 Å². The molecule has 2 rings (SSSR count). The first-order chi connectivity index (χ1) is 7.18. The largest absolute Gasteiger partial charge is 0.464 e. The van der Waals surface area contributed by atoms with Gasteiger partial charge in [0.2, 0.25) is 0 Å². The zero-order valence-corrected chi connectivity index (χ0v) is 9.50. The second-order valence-corrected chi connectivity index (χ2v) is 4.24. The molecule has 1 N–H and O–H groups in total. The number of furan rings is 1. The molecule has 0 aliphatic heterocycles. The maximum absolute atomic E-state index is 5.52. The first-order valence-corrected chi connectivity index (χ1v) is 5.37. The van der Waals surface area contributed by atoms with Gasteiger partial charge in [-0.25, -0.2) is 0 Å². The van der Waals surface area contributed by atoms with Gasteiger partial charge in [0.1, 0.15) is 5.58 Å². The van der Waals surface area contributed by atoms with Gasteiger partial charge >= 0.3 is 0 Å². The third-order valence-corrected chi connectivity index (χ3v) is 2.58. The van der Waals surface area contributed by atoms with Gasteiger partial charge in [0.15, 0.2) is 0 Å². The topological polar surface area (TPSA) is 25.2 Å². The molecule has 0 aliphatic rings. The smallest absolute Gasteiger partial charge is 0.134 e. The van der Waals surface area contributed by atoms with Crippen LogP contribution in [0.25, 0.3) is 11.0 Å². The summed E-state index contributed by atoms with van der Waals surface area (Å²) in [7, 11) is 0. The summed E-state index contributed by atoms with van der Waals surface area (Å²) in [5, 5.41) is 4.66. The van der Waals surface area contributed by atoms with Crippen LogP contribution >= 0.6 is 0 Å². The van der Waals surface area contributed by atoms with E-state index in [0.29, 0.717) is 6.04 Å². The Morgan fingerprint density at radius 1 is 1.33 bits per heavy atom. The quantitative estimate of drug-likeness (QED) is 0.828. The minimum Gasteiger partial charge on any atom is -0.464 e. The molecule has 0 bridgehead atoms. The lowest BCUT2D eigenvalue weighted by Crippen LogP contribution is -2.21. The Morgan fingerprint density at radius 2 is 2.13 bits per heavy atom. The maximum atomic E-state index is 5.52. The molecule has 0 saturated heterocycles. The fraction of sp³-hybridized carbons (Fsp3) is 0.385. The summed E-state index contributed by atoms with van der Waals surface area (Å²) < 4.78 is 5.52. The molecule has 80 valence electrons. The van der Waals surface area contributed by atoms with Crippen LogP contribution in [-0.4, -0.2) is 6.04 Å². The average molecular weight is 203 g/mol. The van der Waals surface area contributed by atoms with E-state index in [9.17, 15) is 0 Å². The average Bonchev–Trinajstić information content (AvgIpc) is 2.59. The van der Waals surface area contributed by atoms with E-state index in [1.807, 2.05) is 18.4 Å². The lowest BCUT2D eigenvalue weighted by molar-refractivity contribution is 0.572. The normalized spacial score (nSPS) is 11.5. The zero-order chi connectivity index (χ0) is 10.8. The van der Waals surface area contributed by atoms with E-state index in [-0.39, 0.29) is 0 Å². The van der Waals surface area contributed by atoms with Gasteiger partial charge in [0.05, 0.1) is 6.26 Å². The van der Waals surface area contributed by atoms with Crippen LogP contribution in [0.3, 0.4) is 0 Å². The number of fused-ring (bicyclic) bond motifs is 1. The summed E-state index contributed by atoms with van der Waals surface area (Å²) in [6, 6.07) is 6.66. The molecule has 0 unspecified atom stereocenters. The highest BCUT2D eigenvalue weighted by molar-refractivity contribution is 5.84. The lowest BCUT2D eigenvalue weighted by atomic mass is 10.1. The number of nitrogens with one attached hydrogen (secondary N) is 1. The molecule has 0 spiro atoms. The first kappa shape index (κ1) is 10.2. The Balaban J connectivity index is 2.35. The van der Waals surface area contributed by atoms with Crippen LogP contribution in [0.1, 0.15) is 25.0 Å². The minimum absolute atomic E-state index is 0.499. The molecule has 2 heteroatoms. The summed E-state index contributed by atoms with van der Waals surface area (Å²) in [6.07, 6.45) is 1.85. The van der Waals surface area contributed by atoms with Gasteiger partial charge in [-0.1, -0.05) is 26.0 Å². The van der Waals surface area contributed by atoms with E-state index < -0.39 is 0 Å². The molecule has 0 aliphatic carbocycles. The molecule has 0 radical (unpaired) electrons. The first-order valence-electron chi connectivity index (χ1n) is 5.37. The van der Waals surface area contributed by atoms with Crippen LogP contribution in [0.15, 0.2) is 28.9 Å². The van der Waals surface area contributed by atoms with Crippen LogP contribution in [0, 0.1) is 6.92 Å². The van der Waals surface area contributed by atoms with Crippen LogP contribution in [0.5, 0.6) is 0 Å².